The van der Waals surface area contributed by atoms with Crippen LogP contribution in [-0.4, -0.2) is 47.3 Å². The predicted octanol–water partition coefficient (Wildman–Crippen LogP) is 1.25. The molecule has 7 nitrogen and oxygen atoms in total. The summed E-state index contributed by atoms with van der Waals surface area (Å²) in [5.41, 5.74) is 0.242. The van der Waals surface area contributed by atoms with Crippen LogP contribution in [0.1, 0.15) is 24.2 Å². The van der Waals surface area contributed by atoms with E-state index in [0.29, 0.717) is 5.88 Å². The van der Waals surface area contributed by atoms with Gasteiger partial charge in [-0.2, -0.15) is 0 Å². The predicted molar refractivity (Wildman–Crippen MR) is 79.9 cm³/mol. The number of nitrogens with zero attached hydrogens (tertiary/aromatic N) is 1. The molecule has 0 aromatic carbocycles. The highest BCUT2D eigenvalue weighted by atomic mass is 16.5. The van der Waals surface area contributed by atoms with Crippen LogP contribution in [0.5, 0.6) is 5.88 Å². The Hall–Kier alpha value is -2.41. The number of carboxylic acid groups (broad SMARTS) is 1. The number of ether oxygens (including phenoxy) is 2. The Morgan fingerprint density at radius 2 is 2.18 bits per heavy atom. The fourth-order valence-corrected chi connectivity index (χ4v) is 1.51. The van der Waals surface area contributed by atoms with Gasteiger partial charge >= 0.3 is 5.97 Å². The molecule has 1 unspecified atom stereocenters. The smallest absolute Gasteiger partial charge is 0.328 e. The number of carboxylic acids is 1. The molecule has 0 radical (unpaired) electrons. The van der Waals surface area contributed by atoms with Crippen LogP contribution in [-0.2, 0) is 9.53 Å². The SMILES string of the molecule is C=CCOCC(NC(=O)c1ccc(OC(C)C)nc1)C(=O)O. The molecule has 0 aliphatic carbocycles. The number of aromatic nitrogens is 1. The summed E-state index contributed by atoms with van der Waals surface area (Å²) < 4.78 is 10.4. The topological polar surface area (TPSA) is 97.8 Å². The second kappa shape index (κ2) is 8.78. The van der Waals surface area contributed by atoms with Crippen molar-refractivity contribution in [3.63, 3.8) is 0 Å². The van der Waals surface area contributed by atoms with Gasteiger partial charge in [0.2, 0.25) is 5.88 Å². The van der Waals surface area contributed by atoms with Gasteiger partial charge in [0.15, 0.2) is 6.04 Å². The number of carbonyl (C=O) groups excluding carboxylic acids is 1. The van der Waals surface area contributed by atoms with E-state index in [2.05, 4.69) is 16.9 Å². The first-order valence-corrected chi connectivity index (χ1v) is 6.79. The maximum Gasteiger partial charge on any atom is 0.328 e. The Bertz CT molecular complexity index is 513. The van der Waals surface area contributed by atoms with Gasteiger partial charge in [-0.3, -0.25) is 4.79 Å². The van der Waals surface area contributed by atoms with Gasteiger partial charge in [-0.1, -0.05) is 6.08 Å². The molecule has 1 heterocycles. The molecule has 1 amide bonds. The second-order valence-electron chi connectivity index (χ2n) is 4.74. The molecular weight excluding hydrogens is 288 g/mol. The molecule has 0 spiro atoms. The molecule has 2 N–H and O–H groups in total. The van der Waals surface area contributed by atoms with Crippen molar-refractivity contribution in [1.82, 2.24) is 10.3 Å². The first kappa shape index (κ1) is 17.6. The summed E-state index contributed by atoms with van der Waals surface area (Å²) in [6.07, 6.45) is 2.81. The molecule has 1 atom stereocenters. The lowest BCUT2D eigenvalue weighted by Crippen LogP contribution is -2.44. The molecule has 0 aliphatic heterocycles. The van der Waals surface area contributed by atoms with Gasteiger partial charge in [-0.05, 0) is 19.9 Å². The van der Waals surface area contributed by atoms with Crippen molar-refractivity contribution in [1.29, 1.82) is 0 Å². The van der Waals surface area contributed by atoms with Crippen LogP contribution in [0.2, 0.25) is 0 Å². The Morgan fingerprint density at radius 1 is 1.45 bits per heavy atom. The van der Waals surface area contributed by atoms with Gasteiger partial charge in [0.05, 0.1) is 24.9 Å². The first-order valence-electron chi connectivity index (χ1n) is 6.79. The fourth-order valence-electron chi connectivity index (χ4n) is 1.51. The van der Waals surface area contributed by atoms with Gasteiger partial charge < -0.3 is 19.9 Å². The molecule has 7 heteroatoms. The summed E-state index contributed by atoms with van der Waals surface area (Å²) in [6, 6.07) is 1.93. The van der Waals surface area contributed by atoms with Gasteiger partial charge in [0.1, 0.15) is 0 Å². The largest absolute Gasteiger partial charge is 0.480 e. The zero-order valence-electron chi connectivity index (χ0n) is 12.6. The number of aliphatic carboxylic acids is 1. The van der Waals surface area contributed by atoms with E-state index in [1.165, 1.54) is 18.3 Å². The number of pyridine rings is 1. The second-order valence-corrected chi connectivity index (χ2v) is 4.74. The number of carbonyl (C=O) groups is 2. The van der Waals surface area contributed by atoms with Crippen molar-refractivity contribution in [2.75, 3.05) is 13.2 Å². The Morgan fingerprint density at radius 3 is 2.68 bits per heavy atom. The van der Waals surface area contributed by atoms with Crippen LogP contribution in [0.25, 0.3) is 0 Å². The number of amides is 1. The summed E-state index contributed by atoms with van der Waals surface area (Å²) in [7, 11) is 0. The van der Waals surface area contributed by atoms with Gasteiger partial charge in [-0.25, -0.2) is 9.78 Å². The number of rotatable bonds is 9. The minimum atomic E-state index is -1.18. The number of hydrogen-bond donors (Lipinski definition) is 2. The van der Waals surface area contributed by atoms with E-state index in [-0.39, 0.29) is 24.9 Å². The van der Waals surface area contributed by atoms with E-state index >= 15 is 0 Å². The van der Waals surface area contributed by atoms with E-state index in [4.69, 9.17) is 14.6 Å². The summed E-state index contributed by atoms with van der Waals surface area (Å²) in [6.45, 7) is 7.25. The average Bonchev–Trinajstić information content (AvgIpc) is 2.46. The van der Waals surface area contributed by atoms with Crippen molar-refractivity contribution in [3.05, 3.63) is 36.5 Å². The normalized spacial score (nSPS) is 11.8. The number of nitrogens with one attached hydrogen (secondary N) is 1. The molecular formula is C15H20N2O5. The van der Waals surface area contributed by atoms with Gasteiger partial charge in [0.25, 0.3) is 5.91 Å². The van der Waals surface area contributed by atoms with Crippen LogP contribution in [0, 0.1) is 0 Å². The molecule has 1 rings (SSSR count). The maximum absolute atomic E-state index is 12.0. The van der Waals surface area contributed by atoms with Crippen LogP contribution < -0.4 is 10.1 Å². The lowest BCUT2D eigenvalue weighted by Gasteiger charge is -2.14. The van der Waals surface area contributed by atoms with E-state index in [0.717, 1.165) is 0 Å². The zero-order chi connectivity index (χ0) is 16.5. The molecule has 0 saturated carbocycles. The summed E-state index contributed by atoms with van der Waals surface area (Å²) in [5.74, 6) is -1.32. The highest BCUT2D eigenvalue weighted by Gasteiger charge is 2.21. The van der Waals surface area contributed by atoms with Crippen molar-refractivity contribution in [2.24, 2.45) is 0 Å². The highest BCUT2D eigenvalue weighted by Crippen LogP contribution is 2.09. The van der Waals surface area contributed by atoms with E-state index in [1.54, 1.807) is 6.07 Å². The molecule has 1 aromatic rings. The van der Waals surface area contributed by atoms with Crippen molar-refractivity contribution >= 4 is 11.9 Å². The van der Waals surface area contributed by atoms with Crippen LogP contribution in [0.4, 0.5) is 0 Å². The van der Waals surface area contributed by atoms with E-state index in [9.17, 15) is 9.59 Å². The summed E-state index contributed by atoms with van der Waals surface area (Å²) >= 11 is 0. The third-order valence-corrected chi connectivity index (χ3v) is 2.48. The summed E-state index contributed by atoms with van der Waals surface area (Å²) in [4.78, 5) is 27.1. The number of hydrogen-bond acceptors (Lipinski definition) is 5. The maximum atomic E-state index is 12.0. The Balaban J connectivity index is 2.65. The molecule has 1 aromatic heterocycles. The minimum Gasteiger partial charge on any atom is -0.480 e. The molecule has 0 saturated heterocycles. The van der Waals surface area contributed by atoms with Crippen molar-refractivity contribution < 1.29 is 24.2 Å². The molecule has 0 fully saturated rings. The quantitative estimate of drug-likeness (QED) is 0.526. The summed E-state index contributed by atoms with van der Waals surface area (Å²) in [5, 5.41) is 11.4. The van der Waals surface area contributed by atoms with Gasteiger partial charge in [0, 0.05) is 12.3 Å². The fraction of sp³-hybridized carbons (Fsp3) is 0.400. The first-order chi connectivity index (χ1) is 10.4. The van der Waals surface area contributed by atoms with Crippen LogP contribution in [0.3, 0.4) is 0 Å². The van der Waals surface area contributed by atoms with Crippen molar-refractivity contribution in [2.45, 2.75) is 26.0 Å². The molecule has 0 aliphatic rings. The lowest BCUT2D eigenvalue weighted by molar-refractivity contribution is -0.140. The lowest BCUT2D eigenvalue weighted by atomic mass is 10.2. The van der Waals surface area contributed by atoms with Crippen LogP contribution in [0.15, 0.2) is 31.0 Å². The van der Waals surface area contributed by atoms with E-state index in [1.807, 2.05) is 13.8 Å². The molecule has 22 heavy (non-hydrogen) atoms. The van der Waals surface area contributed by atoms with Gasteiger partial charge in [-0.15, -0.1) is 6.58 Å². The van der Waals surface area contributed by atoms with Crippen LogP contribution >= 0.6 is 0 Å². The Labute approximate surface area is 129 Å². The average molecular weight is 308 g/mol. The van der Waals surface area contributed by atoms with Crippen molar-refractivity contribution in [3.8, 4) is 5.88 Å². The monoisotopic (exact) mass is 308 g/mol. The van der Waals surface area contributed by atoms with E-state index < -0.39 is 17.9 Å². The standard InChI is InChI=1S/C15H20N2O5/c1-4-7-21-9-12(15(19)20)17-14(18)11-5-6-13(16-8-11)22-10(2)3/h4-6,8,10,12H,1,7,9H2,2-3H3,(H,17,18)(H,19,20). The third-order valence-electron chi connectivity index (χ3n) is 2.48. The highest BCUT2D eigenvalue weighted by molar-refractivity contribution is 5.96. The zero-order valence-corrected chi connectivity index (χ0v) is 12.6. The Kier molecular flexibility index (Phi) is 7.04. The molecule has 0 bridgehead atoms. The third kappa shape index (κ3) is 5.92. The minimum absolute atomic E-state index is 0.0226. The molecule has 120 valence electrons.